The van der Waals surface area contributed by atoms with Crippen LogP contribution in [-0.2, 0) is 0 Å². The Morgan fingerprint density at radius 2 is 1.00 bits per heavy atom. The van der Waals surface area contributed by atoms with Crippen LogP contribution in [0.1, 0.15) is 0 Å². The molecule has 0 bridgehead atoms. The largest absolute Gasteiger partial charge is 0.505 e. The second kappa shape index (κ2) is 4.05. The summed E-state index contributed by atoms with van der Waals surface area (Å²) >= 11 is 0. The van der Waals surface area contributed by atoms with E-state index in [0.717, 1.165) is 0 Å². The fourth-order valence-corrected chi connectivity index (χ4v) is 3.47. The average Bonchev–Trinajstić information content (AvgIpc) is 3.07. The van der Waals surface area contributed by atoms with Gasteiger partial charge in [0.25, 0.3) is 11.1 Å². The van der Waals surface area contributed by atoms with Gasteiger partial charge in [0.1, 0.15) is 0 Å². The Bertz CT molecular complexity index is 1300. The Labute approximate surface area is 133 Å². The molecule has 0 saturated carbocycles. The molecule has 0 atom stereocenters. The maximum absolute atomic E-state index is 13.0. The summed E-state index contributed by atoms with van der Waals surface area (Å²) in [6.07, 6.45) is 0. The minimum Gasteiger partial charge on any atom is -0.505 e. The number of fused-ring (bicyclic) bond motifs is 6. The third-order valence-corrected chi connectivity index (χ3v) is 4.51. The third kappa shape index (κ3) is 1.27. The van der Waals surface area contributed by atoms with Gasteiger partial charge in [-0.05, 0) is 24.3 Å². The lowest BCUT2D eigenvalue weighted by molar-refractivity contribution is 0.484. The highest BCUT2D eigenvalue weighted by Gasteiger charge is 2.23. The topological polar surface area (TPSA) is 83.4 Å². The minimum atomic E-state index is -0.546. The lowest BCUT2D eigenvalue weighted by atomic mass is 10.2. The number of aromatic hydroxyl groups is 2. The van der Waals surface area contributed by atoms with Gasteiger partial charge in [0, 0.05) is 10.8 Å². The van der Waals surface area contributed by atoms with Crippen molar-refractivity contribution < 1.29 is 10.2 Å². The van der Waals surface area contributed by atoms with Crippen molar-refractivity contribution in [1.82, 2.24) is 8.80 Å². The summed E-state index contributed by atoms with van der Waals surface area (Å²) in [5.74, 6) is -0.459. The standard InChI is InChI=1S/C18H10N2O4/c21-15-9-5-1-3-7-11(9)19-13(15)17(23)20-12-8-4-2-6-10(12)16(22)14(20)18(19)24/h1-8,21-22H. The number of hydrogen-bond donors (Lipinski definition) is 2. The van der Waals surface area contributed by atoms with Crippen LogP contribution in [0, 0.1) is 0 Å². The van der Waals surface area contributed by atoms with E-state index in [2.05, 4.69) is 0 Å². The maximum atomic E-state index is 13.0. The molecular weight excluding hydrogens is 308 g/mol. The van der Waals surface area contributed by atoms with Crippen LogP contribution in [0.25, 0.3) is 32.8 Å². The van der Waals surface area contributed by atoms with E-state index in [1.165, 1.54) is 8.80 Å². The summed E-state index contributed by atoms with van der Waals surface area (Å²) < 4.78 is 2.34. The molecule has 0 aliphatic heterocycles. The van der Waals surface area contributed by atoms with Gasteiger partial charge in [0.05, 0.1) is 11.0 Å². The van der Waals surface area contributed by atoms with Crippen molar-refractivity contribution in [3.05, 3.63) is 69.2 Å². The van der Waals surface area contributed by atoms with Crippen LogP contribution >= 0.6 is 0 Å². The van der Waals surface area contributed by atoms with Crippen LogP contribution in [0.5, 0.6) is 11.5 Å². The Hall–Kier alpha value is -3.54. The Morgan fingerprint density at radius 1 is 0.625 bits per heavy atom. The van der Waals surface area contributed by atoms with Crippen molar-refractivity contribution in [2.24, 2.45) is 0 Å². The highest BCUT2D eigenvalue weighted by molar-refractivity contribution is 5.99. The van der Waals surface area contributed by atoms with Crippen molar-refractivity contribution in [3.63, 3.8) is 0 Å². The molecule has 6 heteroatoms. The first-order valence-corrected chi connectivity index (χ1v) is 7.35. The van der Waals surface area contributed by atoms with Gasteiger partial charge in [-0.25, -0.2) is 0 Å². The smallest absolute Gasteiger partial charge is 0.284 e. The van der Waals surface area contributed by atoms with Crippen molar-refractivity contribution in [3.8, 4) is 11.5 Å². The molecule has 6 nitrogen and oxygen atoms in total. The summed E-state index contributed by atoms with van der Waals surface area (Å²) in [7, 11) is 0. The number of nitrogens with zero attached hydrogens (tertiary/aromatic N) is 2. The minimum absolute atomic E-state index is 0.0885. The van der Waals surface area contributed by atoms with E-state index in [1.54, 1.807) is 48.5 Å². The molecule has 0 aliphatic carbocycles. The van der Waals surface area contributed by atoms with Gasteiger partial charge in [-0.3, -0.25) is 18.4 Å². The van der Waals surface area contributed by atoms with Crippen LogP contribution in [-0.4, -0.2) is 19.0 Å². The van der Waals surface area contributed by atoms with Crippen LogP contribution in [0.4, 0.5) is 0 Å². The lowest BCUT2D eigenvalue weighted by Gasteiger charge is -1.99. The van der Waals surface area contributed by atoms with Crippen LogP contribution in [0.2, 0.25) is 0 Å². The molecule has 0 unspecified atom stereocenters. The molecule has 0 radical (unpaired) electrons. The SMILES string of the molecule is O=c1c2c(O)c3ccccc3n2c(=O)c2c(O)c3ccccc3n12. The number of para-hydroxylation sites is 2. The zero-order valence-corrected chi connectivity index (χ0v) is 12.2. The van der Waals surface area contributed by atoms with E-state index in [9.17, 15) is 19.8 Å². The molecule has 2 N–H and O–H groups in total. The van der Waals surface area contributed by atoms with E-state index >= 15 is 0 Å². The van der Waals surface area contributed by atoms with Gasteiger partial charge in [0.2, 0.25) is 0 Å². The first-order chi connectivity index (χ1) is 11.6. The molecule has 24 heavy (non-hydrogen) atoms. The first-order valence-electron chi connectivity index (χ1n) is 7.35. The van der Waals surface area contributed by atoms with Gasteiger partial charge in [-0.2, -0.15) is 0 Å². The number of rotatable bonds is 0. The molecule has 0 spiro atoms. The Morgan fingerprint density at radius 3 is 1.42 bits per heavy atom. The van der Waals surface area contributed by atoms with Crippen molar-refractivity contribution >= 4 is 32.8 Å². The summed E-state index contributed by atoms with van der Waals surface area (Å²) in [5.41, 5.74) is -0.410. The highest BCUT2D eigenvalue weighted by Crippen LogP contribution is 2.33. The van der Waals surface area contributed by atoms with Crippen LogP contribution < -0.4 is 11.1 Å². The molecule has 2 aromatic carbocycles. The molecule has 0 saturated heterocycles. The molecule has 3 aromatic heterocycles. The van der Waals surface area contributed by atoms with E-state index < -0.39 is 11.1 Å². The Balaban J connectivity index is 2.27. The van der Waals surface area contributed by atoms with Crippen molar-refractivity contribution in [2.75, 3.05) is 0 Å². The third-order valence-electron chi connectivity index (χ3n) is 4.51. The zero-order valence-electron chi connectivity index (χ0n) is 12.2. The number of hydrogen-bond acceptors (Lipinski definition) is 4. The van der Waals surface area contributed by atoms with Crippen molar-refractivity contribution in [1.29, 1.82) is 0 Å². The van der Waals surface area contributed by atoms with Gasteiger partial charge >= 0.3 is 0 Å². The fraction of sp³-hybridized carbons (Fsp3) is 0. The quantitative estimate of drug-likeness (QED) is 0.458. The van der Waals surface area contributed by atoms with Gasteiger partial charge in [0.15, 0.2) is 22.5 Å². The van der Waals surface area contributed by atoms with Gasteiger partial charge < -0.3 is 10.2 Å². The fourth-order valence-electron chi connectivity index (χ4n) is 3.47. The summed E-state index contributed by atoms with van der Waals surface area (Å²) in [5, 5.41) is 21.8. The highest BCUT2D eigenvalue weighted by atomic mass is 16.3. The molecule has 116 valence electrons. The van der Waals surface area contributed by atoms with E-state index in [4.69, 9.17) is 0 Å². The maximum Gasteiger partial charge on any atom is 0.284 e. The van der Waals surface area contributed by atoms with Crippen molar-refractivity contribution in [2.45, 2.75) is 0 Å². The predicted octanol–water partition coefficient (Wildman–Crippen LogP) is 2.07. The summed E-state index contributed by atoms with van der Waals surface area (Å²) in [6, 6.07) is 13.5. The molecule has 0 aliphatic rings. The number of benzene rings is 2. The second-order valence-corrected chi connectivity index (χ2v) is 5.71. The molecule has 5 aromatic rings. The molecular formula is C18H10N2O4. The summed E-state index contributed by atoms with van der Waals surface area (Å²) in [6.45, 7) is 0. The normalized spacial score (nSPS) is 12.0. The molecule has 0 amide bonds. The lowest BCUT2D eigenvalue weighted by Crippen LogP contribution is -2.25. The first kappa shape index (κ1) is 13.0. The zero-order chi connectivity index (χ0) is 16.6. The van der Waals surface area contributed by atoms with Crippen LogP contribution in [0.15, 0.2) is 58.1 Å². The van der Waals surface area contributed by atoms with Crippen LogP contribution in [0.3, 0.4) is 0 Å². The molecule has 0 fully saturated rings. The average molecular weight is 318 g/mol. The van der Waals surface area contributed by atoms with E-state index in [-0.39, 0.29) is 22.5 Å². The second-order valence-electron chi connectivity index (χ2n) is 5.71. The monoisotopic (exact) mass is 318 g/mol. The van der Waals surface area contributed by atoms with E-state index in [0.29, 0.717) is 21.8 Å². The number of aromatic nitrogens is 2. The van der Waals surface area contributed by atoms with Gasteiger partial charge in [-0.15, -0.1) is 0 Å². The molecule has 5 rings (SSSR count). The van der Waals surface area contributed by atoms with E-state index in [1.807, 2.05) is 0 Å². The predicted molar refractivity (Wildman–Crippen MR) is 90.4 cm³/mol. The van der Waals surface area contributed by atoms with Gasteiger partial charge in [-0.1, -0.05) is 24.3 Å². The summed E-state index contributed by atoms with van der Waals surface area (Å²) in [4.78, 5) is 26.0. The Kier molecular flexibility index (Phi) is 2.19. The molecule has 3 heterocycles.